The number of hydrogen-bond donors (Lipinski definition) is 0. The molecule has 0 aromatic heterocycles. The van der Waals surface area contributed by atoms with Crippen LogP contribution in [0.5, 0.6) is 0 Å². The van der Waals surface area contributed by atoms with Gasteiger partial charge in [0.1, 0.15) is 0 Å². The van der Waals surface area contributed by atoms with Crippen molar-refractivity contribution in [3.8, 4) is 0 Å². The zero-order valence-electron chi connectivity index (χ0n) is 9.48. The third-order valence-corrected chi connectivity index (χ3v) is 2.40. The van der Waals surface area contributed by atoms with Crippen LogP contribution in [0.2, 0.25) is 0 Å². The third kappa shape index (κ3) is 8.14. The van der Waals surface area contributed by atoms with Crippen LogP contribution in [0.15, 0.2) is 0 Å². The Morgan fingerprint density at radius 1 is 1.33 bits per heavy atom. The molecule has 0 saturated carbocycles. The maximum atomic E-state index is 8.25. The van der Waals surface area contributed by atoms with Crippen LogP contribution >= 0.6 is 0 Å². The van der Waals surface area contributed by atoms with Gasteiger partial charge < -0.3 is 24.5 Å². The van der Waals surface area contributed by atoms with Crippen LogP contribution in [0.25, 0.3) is 0 Å². The normalized spacial score (nSPS) is 18.0. The van der Waals surface area contributed by atoms with E-state index in [4.69, 9.17) is 20.1 Å². The van der Waals surface area contributed by atoms with Gasteiger partial charge in [-0.25, -0.2) is 0 Å². The molecule has 0 aromatic carbocycles. The molecule has 0 unspecified atom stereocenters. The summed E-state index contributed by atoms with van der Waals surface area (Å²) in [5, 5.41) is 14.8. The molecule has 90 valence electrons. The van der Waals surface area contributed by atoms with E-state index in [0.717, 1.165) is 24.2 Å². The number of likely N-dealkylation sites (tertiary alicyclic amines) is 1. The molecule has 0 spiro atoms. The van der Waals surface area contributed by atoms with Crippen LogP contribution in [0.1, 0.15) is 26.2 Å². The van der Waals surface area contributed by atoms with Crippen LogP contribution in [0.4, 0.5) is 0 Å². The Morgan fingerprint density at radius 3 is 2.20 bits per heavy atom. The summed E-state index contributed by atoms with van der Waals surface area (Å²) in [7, 11) is 2.29. The Morgan fingerprint density at radius 2 is 1.80 bits per heavy atom. The highest BCUT2D eigenvalue weighted by molar-refractivity contribution is 4.48. The minimum Gasteiger partial charge on any atom is -0.356 e. The lowest BCUT2D eigenvalue weighted by molar-refractivity contribution is -0.916. The van der Waals surface area contributed by atoms with Crippen LogP contribution in [0, 0.1) is 15.3 Å². The van der Waals surface area contributed by atoms with Crippen LogP contribution in [-0.2, 0) is 4.74 Å². The van der Waals surface area contributed by atoms with Gasteiger partial charge in [0.2, 0.25) is 0 Å². The molecule has 0 aliphatic carbocycles. The highest BCUT2D eigenvalue weighted by Gasteiger charge is 2.26. The third-order valence-electron chi connectivity index (χ3n) is 2.40. The maximum absolute atomic E-state index is 8.25. The fourth-order valence-corrected chi connectivity index (χ4v) is 1.66. The molecular formula is C9H20N2O4. The molecule has 6 nitrogen and oxygen atoms in total. The molecule has 0 bridgehead atoms. The van der Waals surface area contributed by atoms with E-state index in [9.17, 15) is 0 Å². The topological polar surface area (TPSA) is 75.4 Å². The molecule has 0 aromatic rings. The van der Waals surface area contributed by atoms with Crippen molar-refractivity contribution in [3.05, 3.63) is 15.3 Å². The van der Waals surface area contributed by atoms with Crippen LogP contribution < -0.4 is 0 Å². The van der Waals surface area contributed by atoms with Gasteiger partial charge in [-0.1, -0.05) is 6.92 Å². The zero-order valence-corrected chi connectivity index (χ0v) is 9.48. The zero-order chi connectivity index (χ0) is 11.7. The second-order valence-corrected chi connectivity index (χ2v) is 4.03. The smallest absolute Gasteiger partial charge is 0.182 e. The van der Waals surface area contributed by atoms with Gasteiger partial charge in [-0.2, -0.15) is 0 Å². The summed E-state index contributed by atoms with van der Waals surface area (Å²) in [5.41, 5.74) is 0. The minimum atomic E-state index is -1.75. The molecule has 1 heterocycles. The first-order chi connectivity index (χ1) is 7.00. The Balaban J connectivity index is 0.000000423. The summed E-state index contributed by atoms with van der Waals surface area (Å²) >= 11 is 0. The molecule has 0 radical (unpaired) electrons. The lowest BCUT2D eigenvalue weighted by Crippen LogP contribution is -2.42. The second-order valence-electron chi connectivity index (χ2n) is 4.03. The highest BCUT2D eigenvalue weighted by Crippen LogP contribution is 2.15. The predicted molar refractivity (Wildman–Crippen MR) is 56.6 cm³/mol. The summed E-state index contributed by atoms with van der Waals surface area (Å²) in [6.07, 6.45) is 3.90. The summed E-state index contributed by atoms with van der Waals surface area (Å²) in [6.45, 7) is 6.62. The summed E-state index contributed by atoms with van der Waals surface area (Å²) in [5.74, 6) is 0. The van der Waals surface area contributed by atoms with Gasteiger partial charge in [0, 0.05) is 12.8 Å². The van der Waals surface area contributed by atoms with Crippen molar-refractivity contribution in [1.82, 2.24) is 0 Å². The Bertz CT molecular complexity index is 177. The van der Waals surface area contributed by atoms with E-state index in [1.807, 2.05) is 0 Å². The SMILES string of the molecule is CCCOC[N+]1(C)CCCC1.O=[N+]([O-])[O-]. The summed E-state index contributed by atoms with van der Waals surface area (Å²) in [4.78, 5) is 8.25. The van der Waals surface area contributed by atoms with Gasteiger partial charge in [-0.15, -0.1) is 0 Å². The standard InChI is InChI=1S/C9H20NO.NO3/c1-3-8-11-9-10(2)6-4-5-7-10;2-1(3)4/h3-9H2,1-2H3;/q+1;-1. The van der Waals surface area contributed by atoms with Crippen LogP contribution in [-0.4, -0.2) is 43.0 Å². The number of hydrogen-bond acceptors (Lipinski definition) is 4. The molecule has 1 fully saturated rings. The van der Waals surface area contributed by atoms with Gasteiger partial charge in [0.15, 0.2) is 6.73 Å². The van der Waals surface area contributed by atoms with E-state index in [-0.39, 0.29) is 0 Å². The Hall–Kier alpha value is -0.880. The molecule has 1 rings (SSSR count). The maximum Gasteiger partial charge on any atom is 0.182 e. The molecular weight excluding hydrogens is 200 g/mol. The van der Waals surface area contributed by atoms with E-state index < -0.39 is 5.09 Å². The van der Waals surface area contributed by atoms with Gasteiger partial charge in [-0.3, -0.25) is 0 Å². The van der Waals surface area contributed by atoms with E-state index in [1.165, 1.54) is 25.9 Å². The van der Waals surface area contributed by atoms with Crippen molar-refractivity contribution in [1.29, 1.82) is 0 Å². The average Bonchev–Trinajstić information content (AvgIpc) is 2.52. The van der Waals surface area contributed by atoms with Crippen molar-refractivity contribution >= 4 is 0 Å². The van der Waals surface area contributed by atoms with Gasteiger partial charge in [0.25, 0.3) is 0 Å². The fraction of sp³-hybridized carbons (Fsp3) is 1.00. The fourth-order valence-electron chi connectivity index (χ4n) is 1.66. The van der Waals surface area contributed by atoms with E-state index in [2.05, 4.69) is 14.0 Å². The average molecular weight is 220 g/mol. The van der Waals surface area contributed by atoms with Crippen molar-refractivity contribution in [2.75, 3.05) is 33.5 Å². The summed E-state index contributed by atoms with van der Waals surface area (Å²) < 4.78 is 6.68. The van der Waals surface area contributed by atoms with E-state index >= 15 is 0 Å². The molecule has 0 atom stereocenters. The van der Waals surface area contributed by atoms with Gasteiger partial charge in [0.05, 0.1) is 31.8 Å². The quantitative estimate of drug-likeness (QED) is 0.310. The highest BCUT2D eigenvalue weighted by atomic mass is 16.9. The molecule has 15 heavy (non-hydrogen) atoms. The predicted octanol–water partition coefficient (Wildman–Crippen LogP) is 1.37. The first kappa shape index (κ1) is 14.1. The molecule has 0 amide bonds. The first-order valence-corrected chi connectivity index (χ1v) is 5.23. The second kappa shape index (κ2) is 7.42. The molecule has 0 N–H and O–H groups in total. The number of quaternary nitrogens is 1. The Labute approximate surface area is 90.1 Å². The monoisotopic (exact) mass is 220 g/mol. The first-order valence-electron chi connectivity index (χ1n) is 5.23. The number of rotatable bonds is 4. The molecule has 1 saturated heterocycles. The lowest BCUT2D eigenvalue weighted by Gasteiger charge is -2.28. The number of ether oxygens (including phenoxy) is 1. The minimum absolute atomic E-state index is 0.924. The van der Waals surface area contributed by atoms with Crippen molar-refractivity contribution in [3.63, 3.8) is 0 Å². The van der Waals surface area contributed by atoms with Crippen molar-refractivity contribution in [2.45, 2.75) is 26.2 Å². The van der Waals surface area contributed by atoms with Crippen molar-refractivity contribution in [2.24, 2.45) is 0 Å². The van der Waals surface area contributed by atoms with Gasteiger partial charge in [-0.05, 0) is 6.42 Å². The van der Waals surface area contributed by atoms with Gasteiger partial charge >= 0.3 is 0 Å². The van der Waals surface area contributed by atoms with E-state index in [1.54, 1.807) is 0 Å². The summed E-state index contributed by atoms with van der Waals surface area (Å²) in [6, 6.07) is 0. The van der Waals surface area contributed by atoms with E-state index in [0.29, 0.717) is 0 Å². The molecule has 1 aliphatic heterocycles. The number of nitrogens with zero attached hydrogens (tertiary/aromatic N) is 2. The molecule has 1 aliphatic rings. The molecule has 6 heteroatoms. The Kier molecular flexibility index (Phi) is 6.98. The van der Waals surface area contributed by atoms with Crippen molar-refractivity contribution < 1.29 is 14.3 Å². The van der Waals surface area contributed by atoms with Crippen LogP contribution in [0.3, 0.4) is 0 Å². The lowest BCUT2D eigenvalue weighted by atomic mass is 10.4. The largest absolute Gasteiger partial charge is 0.356 e.